The standard InChI is InChI=1S/C23H15NO3S/c1-26-18-8-9-21-17(11-18)12-19(23(25)27-21)22-24-20(13-28-22)16-7-6-14-4-2-3-5-15(14)10-16/h2-13H,1H3. The predicted molar refractivity (Wildman–Crippen MR) is 113 cm³/mol. The second kappa shape index (κ2) is 6.62. The zero-order chi connectivity index (χ0) is 19.1. The molecule has 0 aliphatic rings. The van der Waals surface area contributed by atoms with Gasteiger partial charge in [-0.05, 0) is 41.1 Å². The maximum atomic E-state index is 12.5. The molecule has 0 bridgehead atoms. The minimum Gasteiger partial charge on any atom is -0.497 e. The van der Waals surface area contributed by atoms with Crippen molar-refractivity contribution in [1.29, 1.82) is 0 Å². The van der Waals surface area contributed by atoms with Gasteiger partial charge >= 0.3 is 5.63 Å². The molecule has 5 heteroatoms. The second-order valence-corrected chi connectivity index (χ2v) is 7.31. The van der Waals surface area contributed by atoms with Gasteiger partial charge in [-0.2, -0.15) is 0 Å². The van der Waals surface area contributed by atoms with Crippen LogP contribution in [0.2, 0.25) is 0 Å². The lowest BCUT2D eigenvalue weighted by Crippen LogP contribution is -2.02. The van der Waals surface area contributed by atoms with Gasteiger partial charge in [-0.15, -0.1) is 11.3 Å². The van der Waals surface area contributed by atoms with Crippen LogP contribution in [0.4, 0.5) is 0 Å². The Morgan fingerprint density at radius 3 is 2.64 bits per heavy atom. The molecule has 28 heavy (non-hydrogen) atoms. The van der Waals surface area contributed by atoms with Crippen LogP contribution in [-0.2, 0) is 0 Å². The van der Waals surface area contributed by atoms with Crippen LogP contribution in [0.1, 0.15) is 0 Å². The lowest BCUT2D eigenvalue weighted by Gasteiger charge is -2.03. The molecule has 0 N–H and O–H groups in total. The molecule has 3 aromatic carbocycles. The van der Waals surface area contributed by atoms with Crippen LogP contribution in [0.15, 0.2) is 81.3 Å². The first-order valence-corrected chi connectivity index (χ1v) is 9.66. The maximum Gasteiger partial charge on any atom is 0.346 e. The first kappa shape index (κ1) is 16.7. The lowest BCUT2D eigenvalue weighted by atomic mass is 10.1. The van der Waals surface area contributed by atoms with Crippen molar-refractivity contribution in [3.8, 4) is 27.6 Å². The van der Waals surface area contributed by atoms with Gasteiger partial charge in [0, 0.05) is 16.3 Å². The van der Waals surface area contributed by atoms with Crippen molar-refractivity contribution in [3.63, 3.8) is 0 Å². The zero-order valence-electron chi connectivity index (χ0n) is 15.0. The van der Waals surface area contributed by atoms with Crippen LogP contribution in [0.25, 0.3) is 43.6 Å². The number of benzene rings is 3. The van der Waals surface area contributed by atoms with E-state index in [2.05, 4.69) is 30.3 Å². The van der Waals surface area contributed by atoms with E-state index in [9.17, 15) is 4.79 Å². The van der Waals surface area contributed by atoms with Crippen molar-refractivity contribution in [2.45, 2.75) is 0 Å². The number of rotatable bonds is 3. The zero-order valence-corrected chi connectivity index (χ0v) is 15.8. The Kier molecular flexibility index (Phi) is 3.95. The summed E-state index contributed by atoms with van der Waals surface area (Å²) < 4.78 is 10.7. The van der Waals surface area contributed by atoms with Gasteiger partial charge in [0.15, 0.2) is 0 Å². The average molecular weight is 385 g/mol. The highest BCUT2D eigenvalue weighted by atomic mass is 32.1. The number of hydrogen-bond donors (Lipinski definition) is 0. The van der Waals surface area contributed by atoms with Gasteiger partial charge in [0.1, 0.15) is 16.3 Å². The summed E-state index contributed by atoms with van der Waals surface area (Å²) in [6, 6.07) is 21.6. The molecule has 0 unspecified atom stereocenters. The Bertz CT molecular complexity index is 1380. The van der Waals surface area contributed by atoms with E-state index in [1.54, 1.807) is 19.2 Å². The van der Waals surface area contributed by atoms with Gasteiger partial charge in [-0.25, -0.2) is 9.78 Å². The number of hydrogen-bond acceptors (Lipinski definition) is 5. The van der Waals surface area contributed by atoms with Gasteiger partial charge in [-0.3, -0.25) is 0 Å². The van der Waals surface area contributed by atoms with Crippen molar-refractivity contribution in [3.05, 3.63) is 82.5 Å². The Morgan fingerprint density at radius 2 is 1.79 bits per heavy atom. The summed E-state index contributed by atoms with van der Waals surface area (Å²) in [5.41, 5.74) is 2.46. The van der Waals surface area contributed by atoms with Crippen LogP contribution >= 0.6 is 11.3 Å². The maximum absolute atomic E-state index is 12.5. The number of aromatic nitrogens is 1. The van der Waals surface area contributed by atoms with E-state index < -0.39 is 5.63 Å². The first-order valence-electron chi connectivity index (χ1n) is 8.78. The fraction of sp³-hybridized carbons (Fsp3) is 0.0435. The molecule has 0 spiro atoms. The minimum atomic E-state index is -0.392. The van der Waals surface area contributed by atoms with Crippen molar-refractivity contribution in [2.75, 3.05) is 7.11 Å². The summed E-state index contributed by atoms with van der Waals surface area (Å²) in [7, 11) is 1.61. The Morgan fingerprint density at radius 1 is 0.929 bits per heavy atom. The van der Waals surface area contributed by atoms with Crippen LogP contribution in [0.3, 0.4) is 0 Å². The molecule has 5 aromatic rings. The molecule has 5 rings (SSSR count). The van der Waals surface area contributed by atoms with E-state index in [0.29, 0.717) is 21.9 Å². The lowest BCUT2D eigenvalue weighted by molar-refractivity contribution is 0.415. The van der Waals surface area contributed by atoms with E-state index in [4.69, 9.17) is 14.1 Å². The number of thiazole rings is 1. The summed E-state index contributed by atoms with van der Waals surface area (Å²) in [6.45, 7) is 0. The fourth-order valence-electron chi connectivity index (χ4n) is 3.26. The van der Waals surface area contributed by atoms with Gasteiger partial charge < -0.3 is 9.15 Å². The third-order valence-corrected chi connectivity index (χ3v) is 5.59. The van der Waals surface area contributed by atoms with Crippen LogP contribution in [-0.4, -0.2) is 12.1 Å². The van der Waals surface area contributed by atoms with Gasteiger partial charge in [0.2, 0.25) is 0 Å². The number of ether oxygens (including phenoxy) is 1. The van der Waals surface area contributed by atoms with Crippen molar-refractivity contribution in [1.82, 2.24) is 4.98 Å². The molecule has 4 nitrogen and oxygen atoms in total. The third-order valence-electron chi connectivity index (χ3n) is 4.72. The summed E-state index contributed by atoms with van der Waals surface area (Å²) in [4.78, 5) is 17.2. The summed E-state index contributed by atoms with van der Waals surface area (Å²) in [5.74, 6) is 0.711. The van der Waals surface area contributed by atoms with E-state index >= 15 is 0 Å². The van der Waals surface area contributed by atoms with E-state index in [1.807, 2.05) is 29.6 Å². The predicted octanol–water partition coefficient (Wildman–Crippen LogP) is 5.75. The fourth-order valence-corrected chi connectivity index (χ4v) is 4.09. The molecule has 0 amide bonds. The number of nitrogens with zero attached hydrogens (tertiary/aromatic N) is 1. The van der Waals surface area contributed by atoms with E-state index in [1.165, 1.54) is 16.7 Å². The quantitative estimate of drug-likeness (QED) is 0.371. The molecule has 0 saturated heterocycles. The van der Waals surface area contributed by atoms with E-state index in [0.717, 1.165) is 22.0 Å². The normalized spacial score (nSPS) is 11.2. The highest BCUT2D eigenvalue weighted by molar-refractivity contribution is 7.13. The first-order chi connectivity index (χ1) is 13.7. The van der Waals surface area contributed by atoms with Crippen LogP contribution in [0.5, 0.6) is 5.75 Å². The summed E-state index contributed by atoms with van der Waals surface area (Å²) >= 11 is 1.43. The molecule has 0 atom stereocenters. The average Bonchev–Trinajstić information content (AvgIpc) is 3.22. The Hall–Kier alpha value is -3.44. The molecule has 0 fully saturated rings. The monoisotopic (exact) mass is 385 g/mol. The Balaban J connectivity index is 1.60. The van der Waals surface area contributed by atoms with Gasteiger partial charge in [0.25, 0.3) is 0 Å². The van der Waals surface area contributed by atoms with Crippen molar-refractivity contribution >= 4 is 33.1 Å². The summed E-state index contributed by atoms with van der Waals surface area (Å²) in [6.07, 6.45) is 0. The number of fused-ring (bicyclic) bond motifs is 2. The van der Waals surface area contributed by atoms with Gasteiger partial charge in [0.05, 0.1) is 18.4 Å². The molecular formula is C23H15NO3S. The molecule has 0 saturated carbocycles. The summed E-state index contributed by atoms with van der Waals surface area (Å²) in [5, 5.41) is 5.75. The topological polar surface area (TPSA) is 52.3 Å². The molecule has 2 aromatic heterocycles. The smallest absolute Gasteiger partial charge is 0.346 e. The highest BCUT2D eigenvalue weighted by Gasteiger charge is 2.13. The minimum absolute atomic E-state index is 0.392. The third kappa shape index (κ3) is 2.86. The second-order valence-electron chi connectivity index (χ2n) is 6.45. The van der Waals surface area contributed by atoms with E-state index in [-0.39, 0.29) is 0 Å². The van der Waals surface area contributed by atoms with Crippen molar-refractivity contribution < 1.29 is 9.15 Å². The molecule has 0 radical (unpaired) electrons. The van der Waals surface area contributed by atoms with Gasteiger partial charge in [-0.1, -0.05) is 36.4 Å². The highest BCUT2D eigenvalue weighted by Crippen LogP contribution is 2.31. The van der Waals surface area contributed by atoms with Crippen molar-refractivity contribution in [2.24, 2.45) is 0 Å². The number of methoxy groups -OCH3 is 1. The van der Waals surface area contributed by atoms with Crippen LogP contribution < -0.4 is 10.4 Å². The molecule has 2 heterocycles. The molecule has 0 aliphatic heterocycles. The van der Waals surface area contributed by atoms with Crippen LogP contribution in [0, 0.1) is 0 Å². The molecule has 136 valence electrons. The molecule has 0 aliphatic carbocycles. The Labute approximate surface area is 164 Å². The molecular weight excluding hydrogens is 370 g/mol. The largest absolute Gasteiger partial charge is 0.497 e. The SMILES string of the molecule is COc1ccc2oc(=O)c(-c3nc(-c4ccc5ccccc5c4)cs3)cc2c1.